The first-order valence-corrected chi connectivity index (χ1v) is 11.0. The van der Waals surface area contributed by atoms with Crippen molar-refractivity contribution >= 4 is 65.9 Å². The van der Waals surface area contributed by atoms with Gasteiger partial charge in [0.1, 0.15) is 0 Å². The largest absolute Gasteiger partial charge is 0.211 e. The molecule has 1 radical (unpaired) electrons. The molecule has 0 heterocycles. The third-order valence-corrected chi connectivity index (χ3v) is 6.32. The highest BCUT2D eigenvalue weighted by molar-refractivity contribution is 9.10. The molecule has 0 aliphatic carbocycles. The van der Waals surface area contributed by atoms with Gasteiger partial charge in [0, 0.05) is 26.7 Å². The number of halogens is 1. The quantitative estimate of drug-likeness (QED) is 0.193. The van der Waals surface area contributed by atoms with Gasteiger partial charge in [-0.3, -0.25) is 0 Å². The monoisotopic (exact) mass is 462 g/mol. The second kappa shape index (κ2) is 6.93. The summed E-state index contributed by atoms with van der Waals surface area (Å²) in [5.41, 5.74) is 2.11. The Kier molecular flexibility index (Phi) is 3.51. The summed E-state index contributed by atoms with van der Waals surface area (Å²) in [6.45, 7) is 6.67. The van der Waals surface area contributed by atoms with Crippen LogP contribution < -0.4 is 4.72 Å². The third-order valence-electron chi connectivity index (χ3n) is 5.25. The van der Waals surface area contributed by atoms with Crippen molar-refractivity contribution in [2.24, 2.45) is 0 Å². The Bertz CT molecular complexity index is 1510. The van der Waals surface area contributed by atoms with Crippen LogP contribution in [0.15, 0.2) is 82.1 Å². The van der Waals surface area contributed by atoms with E-state index in [9.17, 15) is 0 Å². The SMILES string of the molecule is [2H]c1c([2H])c(S[N]c2ccc3ccc4cc(C(C)(C)C)cc5ccc2c3c45)c([2H])c([2H])c1Br. The van der Waals surface area contributed by atoms with Gasteiger partial charge in [0.05, 0.1) is 11.2 Å². The van der Waals surface area contributed by atoms with Crippen LogP contribution in [0.3, 0.4) is 0 Å². The minimum absolute atomic E-state index is 0.0571. The van der Waals surface area contributed by atoms with Crippen LogP contribution in [0.1, 0.15) is 31.8 Å². The van der Waals surface area contributed by atoms with Crippen LogP contribution in [0.5, 0.6) is 0 Å². The molecule has 0 saturated carbocycles. The van der Waals surface area contributed by atoms with Gasteiger partial charge in [-0.15, -0.1) is 0 Å². The van der Waals surface area contributed by atoms with Gasteiger partial charge in [-0.2, -0.15) is 0 Å². The Morgan fingerprint density at radius 2 is 1.45 bits per heavy atom. The molecule has 5 aromatic rings. The average Bonchev–Trinajstić information content (AvgIpc) is 2.79. The van der Waals surface area contributed by atoms with E-state index in [1.165, 1.54) is 21.7 Å². The first kappa shape index (κ1) is 14.7. The smallest absolute Gasteiger partial charge is 0.0796 e. The first-order chi connectivity index (χ1) is 15.6. The zero-order valence-corrected chi connectivity index (χ0v) is 18.8. The molecule has 0 amide bonds. The summed E-state index contributed by atoms with van der Waals surface area (Å²) in [4.78, 5) is 0.216. The van der Waals surface area contributed by atoms with E-state index in [1.54, 1.807) is 0 Å². The summed E-state index contributed by atoms with van der Waals surface area (Å²) >= 11 is 4.13. The topological polar surface area (TPSA) is 14.1 Å². The molecule has 3 heteroatoms. The van der Waals surface area contributed by atoms with Crippen molar-refractivity contribution in [1.82, 2.24) is 4.72 Å². The van der Waals surface area contributed by atoms with Gasteiger partial charge in [0.15, 0.2) is 0 Å². The van der Waals surface area contributed by atoms with Gasteiger partial charge in [-0.05, 0) is 68.1 Å². The van der Waals surface area contributed by atoms with E-state index in [1.807, 2.05) is 6.07 Å². The maximum absolute atomic E-state index is 8.24. The minimum Gasteiger partial charge on any atom is -0.211 e. The van der Waals surface area contributed by atoms with E-state index in [0.717, 1.165) is 33.8 Å². The molecule has 143 valence electrons. The lowest BCUT2D eigenvalue weighted by Gasteiger charge is -2.21. The van der Waals surface area contributed by atoms with Crippen molar-refractivity contribution in [3.63, 3.8) is 0 Å². The van der Waals surface area contributed by atoms with Crippen LogP contribution in [-0.4, -0.2) is 0 Å². The fourth-order valence-corrected chi connectivity index (χ4v) is 4.48. The van der Waals surface area contributed by atoms with E-state index in [2.05, 4.69) is 83.9 Å². The summed E-state index contributed by atoms with van der Waals surface area (Å²) in [6.07, 6.45) is 0. The molecule has 29 heavy (non-hydrogen) atoms. The molecule has 0 N–H and O–H groups in total. The lowest BCUT2D eigenvalue weighted by molar-refractivity contribution is 0.591. The molecule has 0 unspecified atom stereocenters. The molecular weight excluding hydrogens is 438 g/mol. The van der Waals surface area contributed by atoms with Crippen molar-refractivity contribution in [2.75, 3.05) is 0 Å². The Labute approximate surface area is 189 Å². The Balaban J connectivity index is 1.64. The van der Waals surface area contributed by atoms with Crippen LogP contribution >= 0.6 is 27.9 Å². The molecule has 5 rings (SSSR count). The number of hydrogen-bond donors (Lipinski definition) is 0. The number of benzene rings is 5. The first-order valence-electron chi connectivity index (χ1n) is 11.4. The van der Waals surface area contributed by atoms with Crippen LogP contribution in [0.25, 0.3) is 32.3 Å². The van der Waals surface area contributed by atoms with Gasteiger partial charge in [0.25, 0.3) is 0 Å². The number of rotatable bonds is 3. The highest BCUT2D eigenvalue weighted by Crippen LogP contribution is 2.40. The van der Waals surface area contributed by atoms with E-state index in [0.29, 0.717) is 0 Å². The Hall–Kier alpha value is -2.23. The molecule has 0 atom stereocenters. The predicted octanol–water partition coefficient (Wildman–Crippen LogP) is 8.59. The standard InChI is InChI=1S/C26H21BrNS/c1-26(2,3)19-14-17-5-4-16-7-13-23(28-29-21-10-8-20(27)9-11-21)22-12-6-18(15-19)24(17)25(16)22/h4-15H,1-3H3/i8D,9D,10D,11D. The molecule has 0 aromatic heterocycles. The zero-order chi connectivity index (χ0) is 23.7. The van der Waals surface area contributed by atoms with E-state index in [-0.39, 0.29) is 39.0 Å². The highest BCUT2D eigenvalue weighted by Gasteiger charge is 2.18. The number of nitrogens with zero attached hydrogens (tertiary/aromatic N) is 1. The highest BCUT2D eigenvalue weighted by atomic mass is 79.9. The lowest BCUT2D eigenvalue weighted by atomic mass is 9.83. The molecular formula is C26H21BrNS. The van der Waals surface area contributed by atoms with Gasteiger partial charge in [-0.25, -0.2) is 4.72 Å². The summed E-state index contributed by atoms with van der Waals surface area (Å²) in [6, 6.07) is 16.7. The molecule has 1 nitrogen and oxygen atoms in total. The molecule has 0 aliphatic heterocycles. The lowest BCUT2D eigenvalue weighted by Crippen LogP contribution is -2.10. The average molecular weight is 463 g/mol. The molecule has 5 aromatic carbocycles. The van der Waals surface area contributed by atoms with Crippen molar-refractivity contribution in [3.8, 4) is 0 Å². The van der Waals surface area contributed by atoms with Crippen molar-refractivity contribution in [3.05, 3.63) is 82.7 Å². The third kappa shape index (κ3) is 3.37. The second-order valence-electron chi connectivity index (χ2n) is 8.23. The van der Waals surface area contributed by atoms with Crippen molar-refractivity contribution in [2.45, 2.75) is 31.1 Å². The van der Waals surface area contributed by atoms with Gasteiger partial charge >= 0.3 is 0 Å². The fraction of sp³-hybridized carbons (Fsp3) is 0.154. The molecule has 0 fully saturated rings. The van der Waals surface area contributed by atoms with Crippen molar-refractivity contribution in [1.29, 1.82) is 0 Å². The summed E-state index contributed by atoms with van der Waals surface area (Å²) < 4.78 is 37.4. The van der Waals surface area contributed by atoms with Gasteiger partial charge < -0.3 is 0 Å². The Morgan fingerprint density at radius 1 is 0.828 bits per heavy atom. The molecule has 0 spiro atoms. The van der Waals surface area contributed by atoms with Gasteiger partial charge in [-0.1, -0.05) is 79.2 Å². The van der Waals surface area contributed by atoms with E-state index < -0.39 is 0 Å². The van der Waals surface area contributed by atoms with Crippen LogP contribution in [0.4, 0.5) is 5.69 Å². The van der Waals surface area contributed by atoms with Crippen LogP contribution in [-0.2, 0) is 5.41 Å². The molecule has 0 aliphatic rings. The molecule has 0 bridgehead atoms. The fourth-order valence-electron chi connectivity index (χ4n) is 3.74. The predicted molar refractivity (Wildman–Crippen MR) is 131 cm³/mol. The summed E-state index contributed by atoms with van der Waals surface area (Å²) in [5, 5.41) is 6.92. The van der Waals surface area contributed by atoms with E-state index >= 15 is 0 Å². The summed E-state index contributed by atoms with van der Waals surface area (Å²) in [7, 11) is 0. The van der Waals surface area contributed by atoms with E-state index in [4.69, 9.17) is 5.48 Å². The minimum atomic E-state index is -0.0984. The Morgan fingerprint density at radius 3 is 2.14 bits per heavy atom. The second-order valence-corrected chi connectivity index (χ2v) is 9.80. The zero-order valence-electron chi connectivity index (χ0n) is 20.4. The maximum atomic E-state index is 8.24. The number of hydrogen-bond acceptors (Lipinski definition) is 1. The normalized spacial score (nSPS) is 14.2. The molecule has 0 saturated heterocycles. The van der Waals surface area contributed by atoms with Crippen LogP contribution in [0, 0.1) is 0 Å². The van der Waals surface area contributed by atoms with Crippen LogP contribution in [0.2, 0.25) is 0 Å². The van der Waals surface area contributed by atoms with Crippen molar-refractivity contribution < 1.29 is 5.48 Å². The maximum Gasteiger partial charge on any atom is 0.0796 e. The summed E-state index contributed by atoms with van der Waals surface area (Å²) in [5.74, 6) is 0. The van der Waals surface area contributed by atoms with Gasteiger partial charge in [0.2, 0.25) is 0 Å².